The van der Waals surface area contributed by atoms with Gasteiger partial charge in [-0.2, -0.15) is 0 Å². The summed E-state index contributed by atoms with van der Waals surface area (Å²) in [4.78, 5) is 0.0612. The molecule has 0 nitrogen and oxygen atoms in total. The van der Waals surface area contributed by atoms with Gasteiger partial charge >= 0.3 is 0 Å². The van der Waals surface area contributed by atoms with Crippen LogP contribution in [0.5, 0.6) is 0 Å². The van der Waals surface area contributed by atoms with Crippen LogP contribution in [0.15, 0.2) is 40.9 Å². The van der Waals surface area contributed by atoms with Gasteiger partial charge in [0, 0.05) is 4.47 Å². The molecular formula is C15H13Br2F. The number of alkyl halides is 1. The van der Waals surface area contributed by atoms with Crippen LogP contribution in [0.25, 0.3) is 0 Å². The molecule has 0 saturated carbocycles. The van der Waals surface area contributed by atoms with Crippen molar-refractivity contribution in [1.29, 1.82) is 0 Å². The van der Waals surface area contributed by atoms with E-state index >= 15 is 0 Å². The highest BCUT2D eigenvalue weighted by atomic mass is 79.9. The summed E-state index contributed by atoms with van der Waals surface area (Å²) in [5.74, 6) is -0.165. The summed E-state index contributed by atoms with van der Waals surface area (Å²) < 4.78 is 14.4. The van der Waals surface area contributed by atoms with E-state index in [9.17, 15) is 4.39 Å². The number of halogens is 3. The molecule has 0 fully saturated rings. The van der Waals surface area contributed by atoms with E-state index in [1.165, 1.54) is 11.6 Å². The van der Waals surface area contributed by atoms with Gasteiger partial charge in [0.1, 0.15) is 5.82 Å². The molecule has 2 aromatic carbocycles. The van der Waals surface area contributed by atoms with Crippen LogP contribution in [0.2, 0.25) is 0 Å². The minimum atomic E-state index is -0.165. The molecular weight excluding hydrogens is 359 g/mol. The van der Waals surface area contributed by atoms with Crippen LogP contribution in [0.3, 0.4) is 0 Å². The Morgan fingerprint density at radius 3 is 2.44 bits per heavy atom. The van der Waals surface area contributed by atoms with Crippen molar-refractivity contribution in [2.75, 3.05) is 0 Å². The second-order valence-electron chi connectivity index (χ2n) is 4.35. The second kappa shape index (κ2) is 5.54. The Morgan fingerprint density at radius 2 is 1.78 bits per heavy atom. The Hall–Kier alpha value is -0.670. The summed E-state index contributed by atoms with van der Waals surface area (Å²) in [6, 6.07) is 11.4. The lowest BCUT2D eigenvalue weighted by atomic mass is 10.0. The standard InChI is InChI=1S/C15H13Br2F/c1-9-4-3-5-12(14(9)16)15(17)11-6-7-13(18)10(2)8-11/h3-8,15H,1-2H3. The summed E-state index contributed by atoms with van der Waals surface area (Å²) in [7, 11) is 0. The molecule has 0 saturated heterocycles. The quantitative estimate of drug-likeness (QED) is 0.595. The van der Waals surface area contributed by atoms with Crippen molar-refractivity contribution < 1.29 is 4.39 Å². The van der Waals surface area contributed by atoms with Crippen molar-refractivity contribution in [2.45, 2.75) is 18.7 Å². The highest BCUT2D eigenvalue weighted by Gasteiger charge is 2.15. The number of hydrogen-bond donors (Lipinski definition) is 0. The molecule has 2 aromatic rings. The first kappa shape index (κ1) is 13.8. The van der Waals surface area contributed by atoms with Crippen LogP contribution >= 0.6 is 31.9 Å². The highest BCUT2D eigenvalue weighted by Crippen LogP contribution is 2.37. The molecule has 1 atom stereocenters. The summed E-state index contributed by atoms with van der Waals surface area (Å²) in [5, 5.41) is 0. The Labute approximate surface area is 123 Å². The van der Waals surface area contributed by atoms with Crippen molar-refractivity contribution >= 4 is 31.9 Å². The molecule has 0 bridgehead atoms. The van der Waals surface area contributed by atoms with Gasteiger partial charge in [0.25, 0.3) is 0 Å². The number of rotatable bonds is 2. The number of hydrogen-bond acceptors (Lipinski definition) is 0. The largest absolute Gasteiger partial charge is 0.207 e. The van der Waals surface area contributed by atoms with Gasteiger partial charge in [-0.25, -0.2) is 4.39 Å². The average molecular weight is 372 g/mol. The molecule has 18 heavy (non-hydrogen) atoms. The van der Waals surface area contributed by atoms with Gasteiger partial charge in [-0.05, 0) is 42.2 Å². The molecule has 0 amide bonds. The molecule has 3 heteroatoms. The molecule has 0 aliphatic rings. The summed E-state index contributed by atoms with van der Waals surface area (Å²) in [6.07, 6.45) is 0. The molecule has 0 aliphatic carbocycles. The van der Waals surface area contributed by atoms with Gasteiger partial charge in [0.15, 0.2) is 0 Å². The zero-order valence-electron chi connectivity index (χ0n) is 10.2. The van der Waals surface area contributed by atoms with Gasteiger partial charge in [0.05, 0.1) is 4.83 Å². The Balaban J connectivity index is 2.44. The predicted molar refractivity (Wildman–Crippen MR) is 80.8 cm³/mol. The summed E-state index contributed by atoms with van der Waals surface area (Å²) >= 11 is 7.29. The lowest BCUT2D eigenvalue weighted by Gasteiger charge is -2.15. The molecule has 0 aromatic heterocycles. The van der Waals surface area contributed by atoms with E-state index in [0.29, 0.717) is 5.56 Å². The van der Waals surface area contributed by atoms with Crippen LogP contribution in [0.1, 0.15) is 27.1 Å². The molecule has 0 radical (unpaired) electrons. The van der Waals surface area contributed by atoms with Gasteiger partial charge < -0.3 is 0 Å². The van der Waals surface area contributed by atoms with E-state index in [-0.39, 0.29) is 10.6 Å². The Kier molecular flexibility index (Phi) is 4.23. The van der Waals surface area contributed by atoms with Gasteiger partial charge in [-0.15, -0.1) is 0 Å². The van der Waals surface area contributed by atoms with Crippen molar-refractivity contribution in [2.24, 2.45) is 0 Å². The number of aryl methyl sites for hydroxylation is 2. The fourth-order valence-electron chi connectivity index (χ4n) is 1.87. The van der Waals surface area contributed by atoms with Crippen LogP contribution in [-0.4, -0.2) is 0 Å². The zero-order valence-corrected chi connectivity index (χ0v) is 13.3. The maximum Gasteiger partial charge on any atom is 0.126 e. The Bertz CT molecular complexity index is 579. The minimum Gasteiger partial charge on any atom is -0.207 e. The first-order valence-electron chi connectivity index (χ1n) is 5.66. The van der Waals surface area contributed by atoms with E-state index in [1.807, 2.05) is 18.2 Å². The highest BCUT2D eigenvalue weighted by molar-refractivity contribution is 9.11. The SMILES string of the molecule is Cc1cc(C(Br)c2cccc(C)c2Br)ccc1F. The molecule has 1 unspecified atom stereocenters. The topological polar surface area (TPSA) is 0 Å². The van der Waals surface area contributed by atoms with Crippen molar-refractivity contribution in [3.63, 3.8) is 0 Å². The average Bonchev–Trinajstić information content (AvgIpc) is 2.35. The third-order valence-electron chi connectivity index (χ3n) is 2.97. The third-order valence-corrected chi connectivity index (χ3v) is 5.07. The van der Waals surface area contributed by atoms with Gasteiger partial charge in [-0.3, -0.25) is 0 Å². The van der Waals surface area contributed by atoms with Crippen molar-refractivity contribution in [1.82, 2.24) is 0 Å². The van der Waals surface area contributed by atoms with Crippen LogP contribution in [0.4, 0.5) is 4.39 Å². The molecule has 2 rings (SSSR count). The van der Waals surface area contributed by atoms with E-state index in [4.69, 9.17) is 0 Å². The third kappa shape index (κ3) is 2.67. The summed E-state index contributed by atoms with van der Waals surface area (Å²) in [5.41, 5.74) is 4.07. The maximum absolute atomic E-state index is 13.3. The van der Waals surface area contributed by atoms with Crippen LogP contribution in [-0.2, 0) is 0 Å². The first-order chi connectivity index (χ1) is 8.50. The molecule has 0 N–H and O–H groups in total. The molecule has 0 spiro atoms. The lowest BCUT2D eigenvalue weighted by Crippen LogP contribution is -1.97. The summed E-state index contributed by atoms with van der Waals surface area (Å²) in [6.45, 7) is 3.84. The maximum atomic E-state index is 13.3. The van der Waals surface area contributed by atoms with E-state index in [1.54, 1.807) is 6.92 Å². The lowest BCUT2D eigenvalue weighted by molar-refractivity contribution is 0.617. The van der Waals surface area contributed by atoms with Crippen LogP contribution < -0.4 is 0 Å². The number of benzene rings is 2. The molecule has 0 heterocycles. The first-order valence-corrected chi connectivity index (χ1v) is 7.36. The predicted octanol–water partition coefficient (Wildman–Crippen LogP) is 5.69. The normalized spacial score (nSPS) is 12.5. The van der Waals surface area contributed by atoms with Crippen LogP contribution in [0, 0.1) is 19.7 Å². The van der Waals surface area contributed by atoms with Gasteiger partial charge in [0.2, 0.25) is 0 Å². The van der Waals surface area contributed by atoms with Crippen molar-refractivity contribution in [3.05, 3.63) is 68.9 Å². The van der Waals surface area contributed by atoms with E-state index in [0.717, 1.165) is 15.6 Å². The smallest absolute Gasteiger partial charge is 0.126 e. The van der Waals surface area contributed by atoms with Crippen molar-refractivity contribution in [3.8, 4) is 0 Å². The fraction of sp³-hybridized carbons (Fsp3) is 0.200. The second-order valence-corrected chi connectivity index (χ2v) is 6.06. The molecule has 94 valence electrons. The molecule has 0 aliphatic heterocycles. The monoisotopic (exact) mass is 370 g/mol. The van der Waals surface area contributed by atoms with E-state index < -0.39 is 0 Å². The fourth-order valence-corrected chi connectivity index (χ4v) is 3.34. The minimum absolute atomic E-state index is 0.0612. The van der Waals surface area contributed by atoms with Gasteiger partial charge in [-0.1, -0.05) is 62.2 Å². The Morgan fingerprint density at radius 1 is 1.06 bits per heavy atom. The zero-order chi connectivity index (χ0) is 13.3. The van der Waals surface area contributed by atoms with E-state index in [2.05, 4.69) is 50.9 Å².